The van der Waals surface area contributed by atoms with Gasteiger partial charge in [0.25, 0.3) is 0 Å². The molecule has 2 aromatic rings. The molecule has 0 spiro atoms. The molecule has 94 valence electrons. The summed E-state index contributed by atoms with van der Waals surface area (Å²) in [5.41, 5.74) is 1.14. The Morgan fingerprint density at radius 3 is 2.67 bits per heavy atom. The molecule has 2 rings (SSSR count). The van der Waals surface area contributed by atoms with Crippen molar-refractivity contribution >= 4 is 27.5 Å². The lowest BCUT2D eigenvalue weighted by atomic mass is 10.0. The lowest BCUT2D eigenvalue weighted by molar-refractivity contribution is 0.454. The Hall–Kier alpha value is -1.06. The van der Waals surface area contributed by atoms with Crippen molar-refractivity contribution in [1.82, 2.24) is 4.98 Å². The fourth-order valence-corrected chi connectivity index (χ4v) is 2.30. The highest BCUT2D eigenvalue weighted by Crippen LogP contribution is 2.33. The molecule has 0 aliphatic heterocycles. The molecule has 0 bridgehead atoms. The minimum Gasteiger partial charge on any atom is -0.437 e. The molecule has 0 radical (unpaired) electrons. The Kier molecular flexibility index (Phi) is 4.25. The normalized spacial score (nSPS) is 10.7. The molecule has 0 saturated carbocycles. The van der Waals surface area contributed by atoms with Crippen molar-refractivity contribution in [1.29, 1.82) is 0 Å². The van der Waals surface area contributed by atoms with Crippen molar-refractivity contribution in [2.75, 3.05) is 0 Å². The van der Waals surface area contributed by atoms with Gasteiger partial charge < -0.3 is 4.74 Å². The van der Waals surface area contributed by atoms with Gasteiger partial charge >= 0.3 is 0 Å². The quantitative estimate of drug-likeness (QED) is 0.752. The summed E-state index contributed by atoms with van der Waals surface area (Å²) in [6.07, 6.45) is 1.67. The first-order valence-electron chi connectivity index (χ1n) is 5.65. The van der Waals surface area contributed by atoms with Crippen LogP contribution in [-0.4, -0.2) is 4.98 Å². The highest BCUT2D eigenvalue weighted by Gasteiger charge is 2.10. The first-order chi connectivity index (χ1) is 8.58. The molecule has 0 atom stereocenters. The molecule has 0 amide bonds. The molecule has 0 aliphatic rings. The van der Waals surface area contributed by atoms with Crippen LogP contribution in [0.2, 0.25) is 5.02 Å². The van der Waals surface area contributed by atoms with Crippen LogP contribution in [0.25, 0.3) is 0 Å². The predicted octanol–water partition coefficient (Wildman–Crippen LogP) is 5.41. The Balaban J connectivity index is 2.34. The highest BCUT2D eigenvalue weighted by atomic mass is 79.9. The van der Waals surface area contributed by atoms with E-state index in [-0.39, 0.29) is 0 Å². The van der Waals surface area contributed by atoms with E-state index in [4.69, 9.17) is 16.3 Å². The molecule has 1 aromatic heterocycles. The summed E-state index contributed by atoms with van der Waals surface area (Å²) in [5.74, 6) is 1.60. The Bertz CT molecular complexity index is 557. The van der Waals surface area contributed by atoms with Crippen molar-refractivity contribution in [3.05, 3.63) is 51.6 Å². The van der Waals surface area contributed by atoms with Gasteiger partial charge in [-0.3, -0.25) is 0 Å². The van der Waals surface area contributed by atoms with Crippen molar-refractivity contribution in [2.24, 2.45) is 0 Å². The van der Waals surface area contributed by atoms with Crippen LogP contribution in [0.4, 0.5) is 0 Å². The van der Waals surface area contributed by atoms with E-state index in [0.29, 0.717) is 16.8 Å². The van der Waals surface area contributed by atoms with Crippen LogP contribution in [0.1, 0.15) is 25.3 Å². The number of aromatic nitrogens is 1. The van der Waals surface area contributed by atoms with Gasteiger partial charge in [-0.15, -0.1) is 0 Å². The average Bonchev–Trinajstić information content (AvgIpc) is 2.33. The third-order valence-electron chi connectivity index (χ3n) is 2.52. The van der Waals surface area contributed by atoms with Gasteiger partial charge in [-0.05, 0) is 39.5 Å². The second-order valence-electron chi connectivity index (χ2n) is 4.24. The summed E-state index contributed by atoms with van der Waals surface area (Å²) >= 11 is 9.41. The Morgan fingerprint density at radius 2 is 2.00 bits per heavy atom. The van der Waals surface area contributed by atoms with Crippen molar-refractivity contribution in [3.63, 3.8) is 0 Å². The van der Waals surface area contributed by atoms with Crippen LogP contribution in [0.5, 0.6) is 11.6 Å². The third-order valence-corrected chi connectivity index (χ3v) is 3.23. The number of halogens is 2. The predicted molar refractivity (Wildman–Crippen MR) is 77.6 cm³/mol. The van der Waals surface area contributed by atoms with Gasteiger partial charge in [-0.25, -0.2) is 4.98 Å². The fraction of sp³-hybridized carbons (Fsp3) is 0.214. The monoisotopic (exact) mass is 325 g/mol. The molecule has 2 nitrogen and oxygen atoms in total. The third kappa shape index (κ3) is 3.03. The molecule has 0 fully saturated rings. The topological polar surface area (TPSA) is 22.1 Å². The summed E-state index contributed by atoms with van der Waals surface area (Å²) in [5, 5.41) is 0.489. The van der Waals surface area contributed by atoms with E-state index in [1.807, 2.05) is 24.3 Å². The molecule has 0 unspecified atom stereocenters. The molecule has 0 N–H and O–H groups in total. The van der Waals surface area contributed by atoms with Gasteiger partial charge in [0.15, 0.2) is 0 Å². The van der Waals surface area contributed by atoms with Crippen LogP contribution in [-0.2, 0) is 0 Å². The summed E-state index contributed by atoms with van der Waals surface area (Å²) < 4.78 is 6.62. The van der Waals surface area contributed by atoms with E-state index in [2.05, 4.69) is 34.8 Å². The number of rotatable bonds is 3. The van der Waals surface area contributed by atoms with Gasteiger partial charge in [0.1, 0.15) is 10.8 Å². The van der Waals surface area contributed by atoms with Crippen LogP contribution in [0, 0.1) is 0 Å². The minimum absolute atomic E-state index is 0.385. The number of pyridine rings is 1. The lowest BCUT2D eigenvalue weighted by Gasteiger charge is -2.13. The zero-order valence-corrected chi connectivity index (χ0v) is 12.5. The first-order valence-corrected chi connectivity index (χ1v) is 6.83. The van der Waals surface area contributed by atoms with E-state index in [1.54, 1.807) is 12.3 Å². The van der Waals surface area contributed by atoms with Crippen molar-refractivity contribution in [2.45, 2.75) is 19.8 Å². The average molecular weight is 327 g/mol. The Morgan fingerprint density at radius 1 is 1.28 bits per heavy atom. The van der Waals surface area contributed by atoms with E-state index < -0.39 is 0 Å². The molecule has 1 heterocycles. The molecular weight excluding hydrogens is 314 g/mol. The summed E-state index contributed by atoms with van der Waals surface area (Å²) in [6, 6.07) is 9.68. The number of para-hydroxylation sites is 1. The largest absolute Gasteiger partial charge is 0.437 e. The molecule has 0 aliphatic carbocycles. The minimum atomic E-state index is 0.385. The van der Waals surface area contributed by atoms with Gasteiger partial charge in [-0.1, -0.05) is 43.6 Å². The fourth-order valence-electron chi connectivity index (χ4n) is 1.63. The maximum Gasteiger partial charge on any atom is 0.238 e. The second kappa shape index (κ2) is 5.72. The van der Waals surface area contributed by atoms with Crippen LogP contribution in [0.3, 0.4) is 0 Å². The molecule has 18 heavy (non-hydrogen) atoms. The number of hydrogen-bond acceptors (Lipinski definition) is 2. The zero-order valence-electron chi connectivity index (χ0n) is 10.2. The summed E-state index contributed by atoms with van der Waals surface area (Å²) in [4.78, 5) is 4.17. The molecule has 4 heteroatoms. The van der Waals surface area contributed by atoms with Gasteiger partial charge in [0.2, 0.25) is 5.88 Å². The number of benzene rings is 1. The van der Waals surface area contributed by atoms with Crippen LogP contribution < -0.4 is 4.74 Å². The first kappa shape index (κ1) is 13.4. The SMILES string of the molecule is CC(C)c1ccccc1Oc1ncc(Br)cc1Cl. The maximum atomic E-state index is 6.09. The van der Waals surface area contributed by atoms with E-state index in [1.165, 1.54) is 0 Å². The smallest absolute Gasteiger partial charge is 0.238 e. The summed E-state index contributed by atoms with van der Waals surface area (Å²) in [7, 11) is 0. The maximum absolute atomic E-state index is 6.09. The highest BCUT2D eigenvalue weighted by molar-refractivity contribution is 9.10. The van der Waals surface area contributed by atoms with Crippen LogP contribution in [0.15, 0.2) is 41.0 Å². The lowest BCUT2D eigenvalue weighted by Crippen LogP contribution is -1.95. The number of hydrogen-bond donors (Lipinski definition) is 0. The number of ether oxygens (including phenoxy) is 1. The molecular formula is C14H13BrClNO. The zero-order chi connectivity index (χ0) is 13.1. The van der Waals surface area contributed by atoms with Gasteiger partial charge in [-0.2, -0.15) is 0 Å². The van der Waals surface area contributed by atoms with E-state index in [9.17, 15) is 0 Å². The molecule has 0 saturated heterocycles. The molecule has 1 aromatic carbocycles. The van der Waals surface area contributed by atoms with Gasteiger partial charge in [0, 0.05) is 10.7 Å². The van der Waals surface area contributed by atoms with Crippen molar-refractivity contribution in [3.8, 4) is 11.6 Å². The second-order valence-corrected chi connectivity index (χ2v) is 5.56. The van der Waals surface area contributed by atoms with Gasteiger partial charge in [0.05, 0.1) is 0 Å². The van der Waals surface area contributed by atoms with E-state index in [0.717, 1.165) is 15.8 Å². The number of nitrogens with zero attached hydrogens (tertiary/aromatic N) is 1. The standard InChI is InChI=1S/C14H13BrClNO/c1-9(2)11-5-3-4-6-13(11)18-14-12(16)7-10(15)8-17-14/h3-9H,1-2H3. The van der Waals surface area contributed by atoms with Crippen LogP contribution >= 0.6 is 27.5 Å². The Labute approximate surface area is 120 Å². The van der Waals surface area contributed by atoms with Crippen molar-refractivity contribution < 1.29 is 4.74 Å². The summed E-state index contributed by atoms with van der Waals surface area (Å²) in [6.45, 7) is 4.25. The van der Waals surface area contributed by atoms with E-state index >= 15 is 0 Å².